The zero-order chi connectivity index (χ0) is 13.0. The number of aryl methyl sites for hydroxylation is 2. The van der Waals surface area contributed by atoms with Crippen LogP contribution in [0, 0.1) is 12.7 Å². The molecule has 2 rings (SSSR count). The molecule has 0 spiro atoms. The van der Waals surface area contributed by atoms with Gasteiger partial charge >= 0.3 is 0 Å². The van der Waals surface area contributed by atoms with Gasteiger partial charge in [-0.25, -0.2) is 4.39 Å². The zero-order valence-electron chi connectivity index (χ0n) is 10.8. The predicted molar refractivity (Wildman–Crippen MR) is 69.8 cm³/mol. The minimum absolute atomic E-state index is 0.129. The highest BCUT2D eigenvalue weighted by Gasteiger charge is 2.02. The van der Waals surface area contributed by atoms with Crippen LogP contribution in [0.2, 0.25) is 0 Å². The molecule has 1 aromatic carbocycles. The van der Waals surface area contributed by atoms with Crippen LogP contribution in [0.4, 0.5) is 4.39 Å². The Morgan fingerprint density at radius 2 is 2.11 bits per heavy atom. The van der Waals surface area contributed by atoms with E-state index in [2.05, 4.69) is 16.5 Å². The number of hydrogen-bond acceptors (Lipinski definition) is 2. The second kappa shape index (κ2) is 5.78. The Labute approximate surface area is 107 Å². The molecule has 0 aliphatic carbocycles. The topological polar surface area (TPSA) is 29.9 Å². The Kier molecular flexibility index (Phi) is 4.10. The van der Waals surface area contributed by atoms with Crippen LogP contribution >= 0.6 is 0 Å². The normalized spacial score (nSPS) is 10.8. The van der Waals surface area contributed by atoms with Crippen molar-refractivity contribution in [1.82, 2.24) is 15.1 Å². The van der Waals surface area contributed by atoms with Crippen molar-refractivity contribution < 1.29 is 4.39 Å². The number of nitrogens with zero attached hydrogens (tertiary/aromatic N) is 2. The first-order valence-corrected chi connectivity index (χ1v) is 6.10. The Bertz CT molecular complexity index is 520. The van der Waals surface area contributed by atoms with Crippen molar-refractivity contribution in [2.45, 2.75) is 19.9 Å². The third-order valence-corrected chi connectivity index (χ3v) is 2.93. The van der Waals surface area contributed by atoms with Crippen LogP contribution in [0.25, 0.3) is 0 Å². The van der Waals surface area contributed by atoms with E-state index in [0.717, 1.165) is 30.0 Å². The highest BCUT2D eigenvalue weighted by Crippen LogP contribution is 2.06. The van der Waals surface area contributed by atoms with E-state index < -0.39 is 0 Å². The maximum atomic E-state index is 13.4. The van der Waals surface area contributed by atoms with E-state index in [4.69, 9.17) is 0 Å². The zero-order valence-corrected chi connectivity index (χ0v) is 10.8. The molecular weight excluding hydrogens is 229 g/mol. The molecule has 0 aliphatic heterocycles. The number of hydrogen-bond donors (Lipinski definition) is 1. The smallest absolute Gasteiger partial charge is 0.126 e. The molecule has 18 heavy (non-hydrogen) atoms. The predicted octanol–water partition coefficient (Wildman–Crippen LogP) is 2.20. The molecule has 0 aliphatic rings. The first-order valence-electron chi connectivity index (χ1n) is 6.10. The fourth-order valence-electron chi connectivity index (χ4n) is 1.97. The van der Waals surface area contributed by atoms with Crippen LogP contribution in [-0.4, -0.2) is 16.3 Å². The summed E-state index contributed by atoms with van der Waals surface area (Å²) in [5.41, 5.74) is 2.91. The van der Waals surface area contributed by atoms with Gasteiger partial charge in [0, 0.05) is 13.6 Å². The van der Waals surface area contributed by atoms with Crippen LogP contribution < -0.4 is 5.32 Å². The van der Waals surface area contributed by atoms with Crippen molar-refractivity contribution >= 4 is 0 Å². The van der Waals surface area contributed by atoms with Crippen molar-refractivity contribution in [2.24, 2.45) is 7.05 Å². The van der Waals surface area contributed by atoms with Gasteiger partial charge in [0.2, 0.25) is 0 Å². The van der Waals surface area contributed by atoms with Gasteiger partial charge in [0.1, 0.15) is 5.82 Å². The molecule has 1 N–H and O–H groups in total. The van der Waals surface area contributed by atoms with E-state index in [1.165, 1.54) is 6.07 Å². The summed E-state index contributed by atoms with van der Waals surface area (Å²) >= 11 is 0. The first-order chi connectivity index (χ1) is 8.66. The molecule has 2 aromatic rings. The van der Waals surface area contributed by atoms with E-state index in [0.29, 0.717) is 6.42 Å². The molecule has 0 bridgehead atoms. The van der Waals surface area contributed by atoms with E-state index in [-0.39, 0.29) is 5.82 Å². The summed E-state index contributed by atoms with van der Waals surface area (Å²) in [7, 11) is 1.93. The van der Waals surface area contributed by atoms with Crippen LogP contribution in [0.15, 0.2) is 30.3 Å². The fraction of sp³-hybridized carbons (Fsp3) is 0.357. The average molecular weight is 247 g/mol. The molecule has 96 valence electrons. The molecule has 1 aromatic heterocycles. The van der Waals surface area contributed by atoms with E-state index in [1.807, 2.05) is 30.8 Å². The van der Waals surface area contributed by atoms with Crippen LogP contribution in [0.5, 0.6) is 0 Å². The second-order valence-electron chi connectivity index (χ2n) is 4.42. The molecule has 0 amide bonds. The summed E-state index contributed by atoms with van der Waals surface area (Å²) in [5, 5.41) is 7.58. The standard InChI is InChI=1S/C14H18FN3/c1-11-9-13(18(2)17-11)10-16-8-7-12-5-3-4-6-14(12)15/h3-6,9,16H,7-8,10H2,1-2H3. The van der Waals surface area contributed by atoms with E-state index in [1.54, 1.807) is 6.07 Å². The Morgan fingerprint density at radius 1 is 1.33 bits per heavy atom. The molecule has 4 heteroatoms. The second-order valence-corrected chi connectivity index (χ2v) is 4.42. The minimum Gasteiger partial charge on any atom is -0.311 e. The van der Waals surface area contributed by atoms with Crippen molar-refractivity contribution in [3.8, 4) is 0 Å². The van der Waals surface area contributed by atoms with Gasteiger partial charge in [-0.05, 0) is 37.6 Å². The minimum atomic E-state index is -0.129. The lowest BCUT2D eigenvalue weighted by Crippen LogP contribution is -2.18. The highest BCUT2D eigenvalue weighted by atomic mass is 19.1. The Hall–Kier alpha value is -1.68. The Balaban J connectivity index is 1.80. The van der Waals surface area contributed by atoms with E-state index in [9.17, 15) is 4.39 Å². The molecule has 0 unspecified atom stereocenters. The van der Waals surface area contributed by atoms with Gasteiger partial charge in [-0.15, -0.1) is 0 Å². The number of halogens is 1. The number of benzene rings is 1. The van der Waals surface area contributed by atoms with Gasteiger partial charge in [0.25, 0.3) is 0 Å². The third-order valence-electron chi connectivity index (χ3n) is 2.93. The quantitative estimate of drug-likeness (QED) is 0.821. The summed E-state index contributed by atoms with van der Waals surface area (Å²) in [6.45, 7) is 3.49. The van der Waals surface area contributed by atoms with Gasteiger partial charge in [0.15, 0.2) is 0 Å². The lowest BCUT2D eigenvalue weighted by molar-refractivity contribution is 0.589. The lowest BCUT2D eigenvalue weighted by atomic mass is 10.1. The van der Waals surface area contributed by atoms with Gasteiger partial charge in [-0.2, -0.15) is 5.10 Å². The summed E-state index contributed by atoms with van der Waals surface area (Å²) in [6, 6.07) is 8.95. The monoisotopic (exact) mass is 247 g/mol. The highest BCUT2D eigenvalue weighted by molar-refractivity contribution is 5.17. The molecule has 0 saturated carbocycles. The number of nitrogens with one attached hydrogen (secondary N) is 1. The van der Waals surface area contributed by atoms with Crippen LogP contribution in [-0.2, 0) is 20.0 Å². The lowest BCUT2D eigenvalue weighted by Gasteiger charge is -2.06. The van der Waals surface area contributed by atoms with Crippen molar-refractivity contribution in [3.05, 3.63) is 53.1 Å². The molecule has 0 fully saturated rings. The molecule has 0 atom stereocenters. The summed E-state index contributed by atoms with van der Waals surface area (Å²) in [4.78, 5) is 0. The maximum absolute atomic E-state index is 13.4. The fourth-order valence-corrected chi connectivity index (χ4v) is 1.97. The number of aromatic nitrogens is 2. The SMILES string of the molecule is Cc1cc(CNCCc2ccccc2F)n(C)n1. The molecule has 3 nitrogen and oxygen atoms in total. The van der Waals surface area contributed by atoms with E-state index >= 15 is 0 Å². The summed E-state index contributed by atoms with van der Waals surface area (Å²) in [6.07, 6.45) is 0.698. The van der Waals surface area contributed by atoms with Crippen molar-refractivity contribution in [1.29, 1.82) is 0 Å². The van der Waals surface area contributed by atoms with Gasteiger partial charge in [0.05, 0.1) is 11.4 Å². The molecule has 1 heterocycles. The average Bonchev–Trinajstić information content (AvgIpc) is 2.65. The summed E-state index contributed by atoms with van der Waals surface area (Å²) in [5.74, 6) is -0.129. The third kappa shape index (κ3) is 3.17. The Morgan fingerprint density at radius 3 is 2.78 bits per heavy atom. The first kappa shape index (κ1) is 12.8. The summed E-state index contributed by atoms with van der Waals surface area (Å²) < 4.78 is 15.2. The molecular formula is C14H18FN3. The van der Waals surface area contributed by atoms with Crippen LogP contribution in [0.1, 0.15) is 17.0 Å². The van der Waals surface area contributed by atoms with Gasteiger partial charge in [-0.3, -0.25) is 4.68 Å². The molecule has 0 saturated heterocycles. The number of rotatable bonds is 5. The largest absolute Gasteiger partial charge is 0.311 e. The van der Waals surface area contributed by atoms with Gasteiger partial charge in [-0.1, -0.05) is 18.2 Å². The van der Waals surface area contributed by atoms with Crippen molar-refractivity contribution in [3.63, 3.8) is 0 Å². The van der Waals surface area contributed by atoms with Gasteiger partial charge < -0.3 is 5.32 Å². The van der Waals surface area contributed by atoms with Crippen LogP contribution in [0.3, 0.4) is 0 Å². The maximum Gasteiger partial charge on any atom is 0.126 e. The van der Waals surface area contributed by atoms with Crippen molar-refractivity contribution in [2.75, 3.05) is 6.54 Å². The molecule has 0 radical (unpaired) electrons.